The van der Waals surface area contributed by atoms with E-state index in [1.54, 1.807) is 36.4 Å². The van der Waals surface area contributed by atoms with Crippen LogP contribution in [0.5, 0.6) is 11.8 Å². The van der Waals surface area contributed by atoms with Crippen LogP contribution in [0.2, 0.25) is 0 Å². The maximum atomic E-state index is 13.0. The van der Waals surface area contributed by atoms with E-state index in [2.05, 4.69) is 15.3 Å². The fourth-order valence-electron chi connectivity index (χ4n) is 3.49. The largest absolute Gasteiger partial charge is 0.481 e. The van der Waals surface area contributed by atoms with E-state index >= 15 is 0 Å². The van der Waals surface area contributed by atoms with Crippen LogP contribution in [0.4, 0.5) is 0 Å². The van der Waals surface area contributed by atoms with Gasteiger partial charge in [0.2, 0.25) is 11.8 Å². The molecule has 2 aliphatic rings. The van der Waals surface area contributed by atoms with Crippen molar-refractivity contribution in [3.63, 3.8) is 0 Å². The molecule has 10 nitrogen and oxygen atoms in total. The van der Waals surface area contributed by atoms with Crippen LogP contribution in [0.15, 0.2) is 36.4 Å². The summed E-state index contributed by atoms with van der Waals surface area (Å²) in [6.45, 7) is 0.203. The maximum Gasteiger partial charge on any atom is 0.275 e. The first-order valence-corrected chi connectivity index (χ1v) is 8.90. The van der Waals surface area contributed by atoms with Crippen molar-refractivity contribution in [2.24, 2.45) is 0 Å². The summed E-state index contributed by atoms with van der Waals surface area (Å²) in [6, 6.07) is 9.73. The third-order valence-electron chi connectivity index (χ3n) is 5.08. The quantitative estimate of drug-likeness (QED) is 0.767. The van der Waals surface area contributed by atoms with Crippen molar-refractivity contribution in [1.29, 1.82) is 0 Å². The molecule has 2 aromatic rings. The molecule has 1 N–H and O–H groups in total. The van der Waals surface area contributed by atoms with Gasteiger partial charge in [0, 0.05) is 12.1 Å². The van der Waals surface area contributed by atoms with Crippen LogP contribution >= 0.6 is 0 Å². The second kappa shape index (κ2) is 7.04. The summed E-state index contributed by atoms with van der Waals surface area (Å²) in [7, 11) is 2.93. The molecular weight excluding hydrogens is 378 g/mol. The molecule has 150 valence electrons. The zero-order chi connectivity index (χ0) is 20.6. The molecule has 4 heterocycles. The zero-order valence-corrected chi connectivity index (χ0v) is 15.9. The summed E-state index contributed by atoms with van der Waals surface area (Å²) in [5.41, 5.74) is -0.736. The average molecular weight is 397 g/mol. The van der Waals surface area contributed by atoms with Gasteiger partial charge in [-0.2, -0.15) is 0 Å². The Hall–Kier alpha value is -3.69. The number of carbonyl (C=O) groups excluding carboxylic acids is 3. The normalized spacial score (nSPS) is 17.0. The van der Waals surface area contributed by atoms with Gasteiger partial charge in [0.1, 0.15) is 11.4 Å². The second-order valence-electron chi connectivity index (χ2n) is 6.72. The smallest absolute Gasteiger partial charge is 0.275 e. The number of rotatable bonds is 4. The van der Waals surface area contributed by atoms with E-state index in [-0.39, 0.29) is 43.0 Å². The number of hydrogen-bond acceptors (Lipinski definition) is 7. The Labute approximate surface area is 166 Å². The van der Waals surface area contributed by atoms with Crippen molar-refractivity contribution in [1.82, 2.24) is 25.1 Å². The van der Waals surface area contributed by atoms with E-state index in [1.165, 1.54) is 24.0 Å². The third-order valence-corrected chi connectivity index (χ3v) is 5.08. The molecule has 0 saturated carbocycles. The second-order valence-corrected chi connectivity index (χ2v) is 6.72. The van der Waals surface area contributed by atoms with Crippen LogP contribution in [0, 0.1) is 0 Å². The highest BCUT2D eigenvalue weighted by atomic mass is 16.5. The van der Waals surface area contributed by atoms with Gasteiger partial charge in [-0.3, -0.25) is 14.4 Å². The lowest BCUT2D eigenvalue weighted by Gasteiger charge is -2.49. The van der Waals surface area contributed by atoms with Gasteiger partial charge in [0.25, 0.3) is 17.7 Å². The number of amides is 3. The molecule has 0 atom stereocenters. The van der Waals surface area contributed by atoms with Crippen LogP contribution < -0.4 is 14.8 Å². The first kappa shape index (κ1) is 18.7. The lowest BCUT2D eigenvalue weighted by Crippen LogP contribution is -2.73. The Morgan fingerprint density at radius 2 is 1.52 bits per heavy atom. The molecular formula is C19H19N5O5. The lowest BCUT2D eigenvalue weighted by atomic mass is 9.87. The Kier molecular flexibility index (Phi) is 4.53. The summed E-state index contributed by atoms with van der Waals surface area (Å²) >= 11 is 0. The van der Waals surface area contributed by atoms with Gasteiger partial charge in [-0.05, 0) is 12.1 Å². The number of aromatic nitrogens is 2. The average Bonchev–Trinajstić information content (AvgIpc) is 3.08. The minimum atomic E-state index is -1.11. The number of ether oxygens (including phenoxy) is 2. The highest BCUT2D eigenvalue weighted by molar-refractivity contribution is 6.03. The van der Waals surface area contributed by atoms with Crippen LogP contribution in [0.1, 0.15) is 21.0 Å². The minimum absolute atomic E-state index is 0.0516. The van der Waals surface area contributed by atoms with Crippen molar-refractivity contribution in [2.75, 3.05) is 34.0 Å². The Morgan fingerprint density at radius 3 is 2.07 bits per heavy atom. The van der Waals surface area contributed by atoms with Gasteiger partial charge in [-0.1, -0.05) is 12.1 Å². The number of pyridine rings is 2. The van der Waals surface area contributed by atoms with Crippen molar-refractivity contribution >= 4 is 17.7 Å². The van der Waals surface area contributed by atoms with Crippen molar-refractivity contribution in [2.45, 2.75) is 5.54 Å². The molecule has 0 aliphatic carbocycles. The van der Waals surface area contributed by atoms with Gasteiger partial charge in [0.05, 0.1) is 34.0 Å². The van der Waals surface area contributed by atoms with E-state index in [0.29, 0.717) is 11.8 Å². The fraction of sp³-hybridized carbons (Fsp3) is 0.316. The first-order valence-electron chi connectivity index (χ1n) is 8.90. The Balaban J connectivity index is 1.53. The van der Waals surface area contributed by atoms with Gasteiger partial charge in [0.15, 0.2) is 5.54 Å². The highest BCUT2D eigenvalue weighted by Crippen LogP contribution is 2.33. The molecule has 29 heavy (non-hydrogen) atoms. The summed E-state index contributed by atoms with van der Waals surface area (Å²) in [5.74, 6) is -0.408. The molecule has 2 saturated heterocycles. The van der Waals surface area contributed by atoms with Gasteiger partial charge < -0.3 is 24.6 Å². The van der Waals surface area contributed by atoms with E-state index in [9.17, 15) is 14.4 Å². The predicted octanol–water partition coefficient (Wildman–Crippen LogP) is -0.0819. The van der Waals surface area contributed by atoms with E-state index in [4.69, 9.17) is 9.47 Å². The van der Waals surface area contributed by atoms with Crippen LogP contribution in [0.3, 0.4) is 0 Å². The summed E-state index contributed by atoms with van der Waals surface area (Å²) < 4.78 is 10.1. The fourth-order valence-corrected chi connectivity index (χ4v) is 3.49. The Morgan fingerprint density at radius 1 is 0.966 bits per heavy atom. The maximum absolute atomic E-state index is 13.0. The van der Waals surface area contributed by atoms with Crippen molar-refractivity contribution in [3.05, 3.63) is 47.8 Å². The van der Waals surface area contributed by atoms with E-state index in [1.807, 2.05) is 0 Å². The number of hydrogen-bond donors (Lipinski definition) is 1. The summed E-state index contributed by atoms with van der Waals surface area (Å²) in [4.78, 5) is 49.4. The molecule has 2 aromatic heterocycles. The topological polar surface area (TPSA) is 114 Å². The molecule has 3 amide bonds. The number of methoxy groups -OCH3 is 2. The molecule has 0 unspecified atom stereocenters. The van der Waals surface area contributed by atoms with Gasteiger partial charge in [-0.25, -0.2) is 9.97 Å². The van der Waals surface area contributed by atoms with Crippen LogP contribution in [-0.4, -0.2) is 77.0 Å². The lowest BCUT2D eigenvalue weighted by molar-refractivity contribution is -0.132. The van der Waals surface area contributed by atoms with Gasteiger partial charge >= 0.3 is 0 Å². The number of carbonyl (C=O) groups is 3. The van der Waals surface area contributed by atoms with Crippen LogP contribution in [-0.2, 0) is 4.79 Å². The molecule has 0 radical (unpaired) electrons. The standard InChI is InChI=1S/C19H19N5O5/c1-28-14-7-3-5-12(21-14)16(25)23-9-19(10-23)18(27)20-11-24(19)17(26)13-6-4-8-15(22-13)29-2/h3-8H,9-11H2,1-2H3,(H,20,27). The van der Waals surface area contributed by atoms with E-state index in [0.717, 1.165) is 0 Å². The molecule has 2 fully saturated rings. The summed E-state index contributed by atoms with van der Waals surface area (Å²) in [6.07, 6.45) is 0. The third kappa shape index (κ3) is 3.02. The monoisotopic (exact) mass is 397 g/mol. The summed E-state index contributed by atoms with van der Waals surface area (Å²) in [5, 5.41) is 2.69. The van der Waals surface area contributed by atoms with Crippen molar-refractivity contribution in [3.8, 4) is 11.8 Å². The number of likely N-dealkylation sites (tertiary alicyclic amines) is 1. The van der Waals surface area contributed by atoms with Gasteiger partial charge in [-0.15, -0.1) is 0 Å². The highest BCUT2D eigenvalue weighted by Gasteiger charge is 2.60. The number of nitrogens with one attached hydrogen (secondary N) is 1. The molecule has 4 rings (SSSR count). The van der Waals surface area contributed by atoms with E-state index < -0.39 is 11.4 Å². The zero-order valence-electron chi connectivity index (χ0n) is 15.9. The van der Waals surface area contributed by atoms with Crippen LogP contribution in [0.25, 0.3) is 0 Å². The van der Waals surface area contributed by atoms with Crippen molar-refractivity contribution < 1.29 is 23.9 Å². The first-order chi connectivity index (χ1) is 14.0. The molecule has 1 spiro atoms. The molecule has 0 bridgehead atoms. The molecule has 10 heteroatoms. The minimum Gasteiger partial charge on any atom is -0.481 e. The number of nitrogens with zero attached hydrogens (tertiary/aromatic N) is 4. The predicted molar refractivity (Wildman–Crippen MR) is 99.4 cm³/mol. The SMILES string of the molecule is COc1cccc(C(=O)N2CC3(C2)C(=O)NCN3C(=O)c2cccc(OC)n2)n1. The molecule has 0 aromatic carbocycles. The Bertz CT molecular complexity index is 988. The molecule has 2 aliphatic heterocycles.